The lowest BCUT2D eigenvalue weighted by Gasteiger charge is -2.24. The maximum absolute atomic E-state index is 3.53. The van der Waals surface area contributed by atoms with E-state index in [-0.39, 0.29) is 0 Å². The smallest absolute Gasteiger partial charge is 0.133 e. The highest BCUT2D eigenvalue weighted by Gasteiger charge is 2.28. The summed E-state index contributed by atoms with van der Waals surface area (Å²) in [6.07, 6.45) is 2.25. The Hall–Kier alpha value is -1.61. The molecule has 0 bridgehead atoms. The zero-order valence-electron chi connectivity index (χ0n) is 14.1. The minimum Gasteiger partial charge on any atom is -0.133 e. The molecule has 0 aliphatic rings. The molecule has 0 aromatic heterocycles. The van der Waals surface area contributed by atoms with E-state index < -0.39 is 16.1 Å². The molecule has 2 aromatic rings. The molecular formula is C20H26Si2. The van der Waals surface area contributed by atoms with Gasteiger partial charge in [0.25, 0.3) is 0 Å². The van der Waals surface area contributed by atoms with Crippen molar-refractivity contribution in [3.8, 4) is 0 Å². The normalized spacial score (nSPS) is 11.6. The molecule has 2 heteroatoms. The third-order valence-electron chi connectivity index (χ3n) is 3.95. The molecule has 0 unspecified atom stereocenters. The van der Waals surface area contributed by atoms with E-state index in [1.165, 1.54) is 16.4 Å². The predicted molar refractivity (Wildman–Crippen MR) is 105 cm³/mol. The minimum atomic E-state index is -1.85. The fraction of sp³-hybridized carbons (Fsp3) is 0.250. The van der Waals surface area contributed by atoms with E-state index in [0.717, 1.165) is 0 Å². The summed E-state index contributed by atoms with van der Waals surface area (Å²) in [5.74, 6) is 0. The zero-order chi connectivity index (χ0) is 16.1. The van der Waals surface area contributed by atoms with Crippen LogP contribution in [0.5, 0.6) is 0 Å². The van der Waals surface area contributed by atoms with Crippen molar-refractivity contribution < 1.29 is 0 Å². The van der Waals surface area contributed by atoms with E-state index in [1.54, 1.807) is 0 Å². The molecule has 114 valence electrons. The lowest BCUT2D eigenvalue weighted by atomic mass is 10.4. The second kappa shape index (κ2) is 7.10. The van der Waals surface area contributed by atoms with Gasteiger partial charge in [-0.3, -0.25) is 0 Å². The molecule has 0 fully saturated rings. The molecule has 0 spiro atoms. The Kier molecular flexibility index (Phi) is 5.41. The summed E-state index contributed by atoms with van der Waals surface area (Å²) in [6.45, 7) is 9.61. The fourth-order valence-corrected chi connectivity index (χ4v) is 6.11. The molecule has 0 amide bonds. The number of benzene rings is 2. The van der Waals surface area contributed by atoms with Gasteiger partial charge in [-0.25, -0.2) is 0 Å². The zero-order valence-corrected chi connectivity index (χ0v) is 16.1. The summed E-state index contributed by atoms with van der Waals surface area (Å²) in [4.78, 5) is 0. The van der Waals surface area contributed by atoms with E-state index in [9.17, 15) is 0 Å². The molecule has 0 radical (unpaired) electrons. The molecule has 0 heterocycles. The third kappa shape index (κ3) is 4.44. The molecule has 0 nitrogen and oxygen atoms in total. The molecule has 2 rings (SSSR count). The first kappa shape index (κ1) is 16.8. The van der Waals surface area contributed by atoms with E-state index in [4.69, 9.17) is 0 Å². The first-order valence-corrected chi connectivity index (χ1v) is 14.2. The number of allylic oxidation sites excluding steroid dienone is 1. The Morgan fingerprint density at radius 1 is 0.773 bits per heavy atom. The largest absolute Gasteiger partial charge is 0.145 e. The molecular weight excluding hydrogens is 296 g/mol. The summed E-state index contributed by atoms with van der Waals surface area (Å²) in [7, 11) is -2.88. The van der Waals surface area contributed by atoms with Gasteiger partial charge in [0.05, 0.1) is 0 Å². The van der Waals surface area contributed by atoms with Gasteiger partial charge in [-0.2, -0.15) is 0 Å². The van der Waals surface area contributed by atoms with E-state index in [1.807, 2.05) is 0 Å². The van der Waals surface area contributed by atoms with Gasteiger partial charge in [0.1, 0.15) is 8.07 Å². The number of hydrogen-bond acceptors (Lipinski definition) is 0. The van der Waals surface area contributed by atoms with Gasteiger partial charge in [0, 0.05) is 8.07 Å². The molecule has 0 aliphatic heterocycles. The van der Waals surface area contributed by atoms with Crippen LogP contribution < -0.4 is 10.4 Å². The van der Waals surface area contributed by atoms with Crippen molar-refractivity contribution in [2.75, 3.05) is 0 Å². The lowest BCUT2D eigenvalue weighted by molar-refractivity contribution is 1.52. The maximum atomic E-state index is 3.53. The SMILES string of the molecule is C[Si](C)(C)CC=C=C[Si](C)(c1ccccc1)c1ccccc1. The van der Waals surface area contributed by atoms with Crippen molar-refractivity contribution in [3.05, 3.63) is 78.2 Å². The molecule has 2 aromatic carbocycles. The monoisotopic (exact) mass is 322 g/mol. The van der Waals surface area contributed by atoms with Crippen molar-refractivity contribution in [2.45, 2.75) is 32.2 Å². The van der Waals surface area contributed by atoms with Crippen LogP contribution in [0.2, 0.25) is 32.2 Å². The van der Waals surface area contributed by atoms with Gasteiger partial charge >= 0.3 is 0 Å². The van der Waals surface area contributed by atoms with Crippen LogP contribution in [0.4, 0.5) is 0 Å². The van der Waals surface area contributed by atoms with Crippen LogP contribution in [0.1, 0.15) is 0 Å². The maximum Gasteiger partial charge on any atom is 0.145 e. The van der Waals surface area contributed by atoms with Crippen molar-refractivity contribution in [1.29, 1.82) is 0 Å². The van der Waals surface area contributed by atoms with Gasteiger partial charge in [-0.05, 0) is 28.2 Å². The standard InChI is InChI=1S/C20H26Si2/c1-21(2,3)17-11-12-18-22(4,19-13-7-5-8-14-19)20-15-9-6-10-16-20/h5-11,13-16,18H,17H2,1-4H3. The molecule has 22 heavy (non-hydrogen) atoms. The second-order valence-corrected chi connectivity index (χ2v) is 16.6. The van der Waals surface area contributed by atoms with Crippen LogP contribution in [0.15, 0.2) is 78.2 Å². The number of rotatable bonds is 5. The highest BCUT2D eigenvalue weighted by atomic mass is 28.3. The van der Waals surface area contributed by atoms with Crippen LogP contribution in [0, 0.1) is 0 Å². The molecule has 0 saturated heterocycles. The van der Waals surface area contributed by atoms with Crippen molar-refractivity contribution in [3.63, 3.8) is 0 Å². The quantitative estimate of drug-likeness (QED) is 0.563. The Bertz CT molecular complexity index is 606. The van der Waals surface area contributed by atoms with Crippen LogP contribution in [-0.4, -0.2) is 16.1 Å². The van der Waals surface area contributed by atoms with E-state index in [2.05, 4.69) is 104 Å². The van der Waals surface area contributed by atoms with Crippen LogP contribution in [0.3, 0.4) is 0 Å². The second-order valence-electron chi connectivity index (χ2n) is 7.21. The Balaban J connectivity index is 2.42. The average Bonchev–Trinajstić information content (AvgIpc) is 2.52. The Morgan fingerprint density at radius 3 is 1.64 bits per heavy atom. The fourth-order valence-electron chi connectivity index (χ4n) is 2.49. The van der Waals surface area contributed by atoms with Gasteiger partial charge in [-0.15, -0.1) is 5.73 Å². The lowest BCUT2D eigenvalue weighted by Crippen LogP contribution is -2.54. The highest BCUT2D eigenvalue weighted by molar-refractivity contribution is 7.05. The van der Waals surface area contributed by atoms with Crippen LogP contribution in [-0.2, 0) is 0 Å². The van der Waals surface area contributed by atoms with Gasteiger partial charge in [0.15, 0.2) is 0 Å². The third-order valence-corrected chi connectivity index (χ3v) is 9.19. The Labute approximate surface area is 137 Å². The summed E-state index contributed by atoms with van der Waals surface area (Å²) in [5.41, 5.74) is 5.88. The van der Waals surface area contributed by atoms with E-state index in [0.29, 0.717) is 0 Å². The summed E-state index contributed by atoms with van der Waals surface area (Å²) >= 11 is 0. The molecule has 0 atom stereocenters. The number of hydrogen-bond donors (Lipinski definition) is 0. The predicted octanol–water partition coefficient (Wildman–Crippen LogP) is 4.47. The van der Waals surface area contributed by atoms with Crippen LogP contribution >= 0.6 is 0 Å². The Morgan fingerprint density at radius 2 is 1.23 bits per heavy atom. The van der Waals surface area contributed by atoms with Crippen LogP contribution in [0.25, 0.3) is 0 Å². The van der Waals surface area contributed by atoms with Crippen molar-refractivity contribution in [1.82, 2.24) is 0 Å². The molecule has 0 N–H and O–H groups in total. The van der Waals surface area contributed by atoms with Gasteiger partial charge < -0.3 is 0 Å². The summed E-state index contributed by atoms with van der Waals surface area (Å²) < 4.78 is 0. The summed E-state index contributed by atoms with van der Waals surface area (Å²) in [5, 5.41) is 2.88. The molecule has 0 saturated carbocycles. The van der Waals surface area contributed by atoms with Crippen molar-refractivity contribution >= 4 is 26.5 Å². The van der Waals surface area contributed by atoms with Gasteiger partial charge in [0.2, 0.25) is 0 Å². The first-order chi connectivity index (χ1) is 10.4. The topological polar surface area (TPSA) is 0 Å². The van der Waals surface area contributed by atoms with E-state index >= 15 is 0 Å². The average molecular weight is 323 g/mol. The first-order valence-electron chi connectivity index (χ1n) is 7.95. The highest BCUT2D eigenvalue weighted by Crippen LogP contribution is 2.10. The molecule has 0 aliphatic carbocycles. The minimum absolute atomic E-state index is 1.03. The van der Waals surface area contributed by atoms with Crippen molar-refractivity contribution in [2.24, 2.45) is 0 Å². The van der Waals surface area contributed by atoms with Gasteiger partial charge in [-0.1, -0.05) is 86.9 Å². The summed E-state index contributed by atoms with van der Waals surface area (Å²) in [6, 6.07) is 23.0.